The Labute approximate surface area is 167 Å². The van der Waals surface area contributed by atoms with Crippen LogP contribution in [0.5, 0.6) is 0 Å². The highest BCUT2D eigenvalue weighted by Gasteiger charge is 2.20. The van der Waals surface area contributed by atoms with Gasteiger partial charge in [0.2, 0.25) is 0 Å². The third-order valence-corrected chi connectivity index (χ3v) is 4.69. The predicted octanol–water partition coefficient (Wildman–Crippen LogP) is 4.62. The molecule has 0 saturated heterocycles. The third-order valence-electron chi connectivity index (χ3n) is 4.69. The number of anilines is 1. The van der Waals surface area contributed by atoms with Gasteiger partial charge in [-0.05, 0) is 35.4 Å². The van der Waals surface area contributed by atoms with Crippen molar-refractivity contribution in [3.05, 3.63) is 95.6 Å². The van der Waals surface area contributed by atoms with E-state index in [4.69, 9.17) is 4.74 Å². The first kappa shape index (κ1) is 18.8. The highest BCUT2D eigenvalue weighted by atomic mass is 19.1. The van der Waals surface area contributed by atoms with Crippen LogP contribution in [0.2, 0.25) is 0 Å². The first-order chi connectivity index (χ1) is 14.1. The van der Waals surface area contributed by atoms with Crippen LogP contribution in [0.25, 0.3) is 11.0 Å². The van der Waals surface area contributed by atoms with Crippen molar-refractivity contribution in [3.8, 4) is 0 Å². The fourth-order valence-corrected chi connectivity index (χ4v) is 3.28. The van der Waals surface area contributed by atoms with Gasteiger partial charge < -0.3 is 15.0 Å². The van der Waals surface area contributed by atoms with Crippen LogP contribution in [0.4, 0.5) is 10.1 Å². The zero-order valence-electron chi connectivity index (χ0n) is 15.9. The second kappa shape index (κ2) is 8.24. The van der Waals surface area contributed by atoms with E-state index < -0.39 is 6.10 Å². The van der Waals surface area contributed by atoms with Gasteiger partial charge in [0.1, 0.15) is 11.6 Å². The Morgan fingerprint density at radius 3 is 2.62 bits per heavy atom. The summed E-state index contributed by atoms with van der Waals surface area (Å²) in [7, 11) is 1.50. The quantitative estimate of drug-likeness (QED) is 0.506. The maximum Gasteiger partial charge on any atom is 0.258 e. The van der Waals surface area contributed by atoms with Crippen molar-refractivity contribution in [2.75, 3.05) is 12.4 Å². The van der Waals surface area contributed by atoms with Crippen molar-refractivity contribution >= 4 is 22.6 Å². The number of H-pyrrole nitrogens is 1. The largest absolute Gasteiger partial charge is 0.367 e. The van der Waals surface area contributed by atoms with Gasteiger partial charge >= 0.3 is 0 Å². The fraction of sp³-hybridized carbons (Fsp3) is 0.130. The van der Waals surface area contributed by atoms with Crippen molar-refractivity contribution < 1.29 is 13.9 Å². The molecule has 0 spiro atoms. The zero-order valence-corrected chi connectivity index (χ0v) is 15.9. The van der Waals surface area contributed by atoms with Crippen LogP contribution >= 0.6 is 0 Å². The number of fused-ring (bicyclic) bond motifs is 1. The lowest BCUT2D eigenvalue weighted by atomic mass is 10.1. The van der Waals surface area contributed by atoms with E-state index >= 15 is 0 Å². The molecule has 1 heterocycles. The number of aromatic nitrogens is 2. The minimum Gasteiger partial charge on any atom is -0.367 e. The van der Waals surface area contributed by atoms with Gasteiger partial charge in [-0.3, -0.25) is 4.79 Å². The number of rotatable bonds is 6. The molecule has 146 valence electrons. The van der Waals surface area contributed by atoms with Crippen LogP contribution < -0.4 is 5.32 Å². The van der Waals surface area contributed by atoms with Crippen molar-refractivity contribution in [2.24, 2.45) is 0 Å². The lowest BCUT2D eigenvalue weighted by Gasteiger charge is -2.15. The molecule has 0 fully saturated rings. The van der Waals surface area contributed by atoms with E-state index in [-0.39, 0.29) is 11.7 Å². The molecule has 4 aromatic rings. The maximum atomic E-state index is 13.9. The third kappa shape index (κ3) is 4.17. The molecule has 0 aliphatic heterocycles. The number of hydrogen-bond donors (Lipinski definition) is 2. The summed E-state index contributed by atoms with van der Waals surface area (Å²) in [4.78, 5) is 20.4. The van der Waals surface area contributed by atoms with Crippen molar-refractivity contribution in [2.45, 2.75) is 12.5 Å². The van der Waals surface area contributed by atoms with E-state index in [0.29, 0.717) is 23.5 Å². The molecule has 1 amide bonds. The van der Waals surface area contributed by atoms with Crippen molar-refractivity contribution in [1.29, 1.82) is 0 Å². The Balaban J connectivity index is 1.53. The lowest BCUT2D eigenvalue weighted by Crippen LogP contribution is -2.22. The summed E-state index contributed by atoms with van der Waals surface area (Å²) in [5.74, 6) is 0.143. The number of benzene rings is 3. The number of aromatic amines is 1. The van der Waals surface area contributed by atoms with Gasteiger partial charge in [-0.25, -0.2) is 9.37 Å². The predicted molar refractivity (Wildman–Crippen MR) is 110 cm³/mol. The van der Waals surface area contributed by atoms with Crippen LogP contribution in [-0.4, -0.2) is 23.0 Å². The number of imidazole rings is 1. The Morgan fingerprint density at radius 2 is 1.86 bits per heavy atom. The highest BCUT2D eigenvalue weighted by molar-refractivity contribution is 5.96. The molecule has 2 N–H and O–H groups in total. The van der Waals surface area contributed by atoms with Crippen molar-refractivity contribution in [3.63, 3.8) is 0 Å². The number of halogens is 1. The summed E-state index contributed by atoms with van der Waals surface area (Å²) in [6.45, 7) is 0. The van der Waals surface area contributed by atoms with Gasteiger partial charge in [0, 0.05) is 19.2 Å². The van der Waals surface area contributed by atoms with Crippen molar-refractivity contribution in [1.82, 2.24) is 9.97 Å². The van der Waals surface area contributed by atoms with Crippen LogP contribution in [0.1, 0.15) is 23.1 Å². The zero-order chi connectivity index (χ0) is 20.2. The maximum absolute atomic E-state index is 13.9. The summed E-state index contributed by atoms with van der Waals surface area (Å²) in [5.41, 5.74) is 3.50. The van der Waals surface area contributed by atoms with E-state index in [1.54, 1.807) is 24.3 Å². The van der Waals surface area contributed by atoms with Crippen LogP contribution in [-0.2, 0) is 16.0 Å². The second-order valence-corrected chi connectivity index (χ2v) is 6.70. The lowest BCUT2D eigenvalue weighted by molar-refractivity contribution is -0.126. The molecule has 0 saturated carbocycles. The minimum absolute atomic E-state index is 0.257. The number of nitrogens with one attached hydrogen (secondary N) is 2. The minimum atomic E-state index is -0.703. The number of methoxy groups -OCH3 is 1. The molecule has 1 aromatic heterocycles. The van der Waals surface area contributed by atoms with E-state index in [2.05, 4.69) is 15.3 Å². The van der Waals surface area contributed by atoms with Crippen LogP contribution in [0.3, 0.4) is 0 Å². The Hall–Kier alpha value is -3.51. The smallest absolute Gasteiger partial charge is 0.258 e. The van der Waals surface area contributed by atoms with Gasteiger partial charge in [0.05, 0.1) is 11.0 Å². The number of hydrogen-bond acceptors (Lipinski definition) is 3. The Kier molecular flexibility index (Phi) is 5.35. The fourth-order valence-electron chi connectivity index (χ4n) is 3.28. The standard InChI is InChI=1S/C23H20FN3O2/c1-29-22(15-7-3-2-4-8-15)23(28)25-17-11-12-19-20(14-17)27-21(26-19)13-16-9-5-6-10-18(16)24/h2-12,14,22H,13H2,1H3,(H,25,28)(H,26,27). The van der Waals surface area contributed by atoms with Gasteiger partial charge in [-0.1, -0.05) is 48.5 Å². The van der Waals surface area contributed by atoms with E-state index in [0.717, 1.165) is 16.6 Å². The van der Waals surface area contributed by atoms with Gasteiger partial charge in [0.15, 0.2) is 6.10 Å². The molecule has 3 aromatic carbocycles. The molecule has 0 bridgehead atoms. The number of carbonyl (C=O) groups excluding carboxylic acids is 1. The summed E-state index contributed by atoms with van der Waals surface area (Å²) >= 11 is 0. The van der Waals surface area contributed by atoms with E-state index in [9.17, 15) is 9.18 Å². The number of ether oxygens (including phenoxy) is 1. The van der Waals surface area contributed by atoms with Gasteiger partial charge in [-0.15, -0.1) is 0 Å². The molecule has 6 heteroatoms. The van der Waals surface area contributed by atoms with E-state index in [1.807, 2.05) is 42.5 Å². The van der Waals surface area contributed by atoms with E-state index in [1.165, 1.54) is 13.2 Å². The average molecular weight is 389 g/mol. The molecule has 5 nitrogen and oxygen atoms in total. The summed E-state index contributed by atoms with van der Waals surface area (Å²) in [6, 6.07) is 21.4. The summed E-state index contributed by atoms with van der Waals surface area (Å²) in [5, 5.41) is 2.88. The van der Waals surface area contributed by atoms with Gasteiger partial charge in [-0.2, -0.15) is 0 Å². The topological polar surface area (TPSA) is 67.0 Å². The molecule has 29 heavy (non-hydrogen) atoms. The van der Waals surface area contributed by atoms with Gasteiger partial charge in [0.25, 0.3) is 5.91 Å². The number of nitrogens with zero attached hydrogens (tertiary/aromatic N) is 1. The van der Waals surface area contributed by atoms with Crippen LogP contribution in [0, 0.1) is 5.82 Å². The molecule has 1 unspecified atom stereocenters. The highest BCUT2D eigenvalue weighted by Crippen LogP contribution is 2.22. The average Bonchev–Trinajstić information content (AvgIpc) is 3.13. The summed E-state index contributed by atoms with van der Waals surface area (Å²) in [6.07, 6.45) is -0.340. The first-order valence-corrected chi connectivity index (χ1v) is 9.24. The Morgan fingerprint density at radius 1 is 1.10 bits per heavy atom. The summed E-state index contributed by atoms with van der Waals surface area (Å²) < 4.78 is 19.3. The molecule has 0 aliphatic rings. The number of amides is 1. The monoisotopic (exact) mass is 389 g/mol. The molecular formula is C23H20FN3O2. The Bertz CT molecular complexity index is 1140. The molecule has 0 radical (unpaired) electrons. The number of carbonyl (C=O) groups is 1. The SMILES string of the molecule is COC(C(=O)Nc1ccc2nc(Cc3ccccc3F)[nH]c2c1)c1ccccc1. The second-order valence-electron chi connectivity index (χ2n) is 6.70. The molecule has 4 rings (SSSR count). The molecular weight excluding hydrogens is 369 g/mol. The van der Waals surface area contributed by atoms with Crippen LogP contribution in [0.15, 0.2) is 72.8 Å². The molecule has 1 atom stereocenters. The first-order valence-electron chi connectivity index (χ1n) is 9.24. The molecule has 0 aliphatic carbocycles. The normalized spacial score (nSPS) is 12.1.